The topological polar surface area (TPSA) is 93.2 Å². The quantitative estimate of drug-likeness (QED) is 0.0189. The summed E-state index contributed by atoms with van der Waals surface area (Å²) >= 11 is 7.54. The van der Waals surface area contributed by atoms with Crippen molar-refractivity contribution < 1.29 is 28.7 Å². The van der Waals surface area contributed by atoms with Crippen LogP contribution in [-0.4, -0.2) is 36.8 Å². The molecule has 4 aliphatic rings. The Bertz CT molecular complexity index is 3360. The van der Waals surface area contributed by atoms with Crippen molar-refractivity contribution in [1.82, 2.24) is 0 Å². The van der Waals surface area contributed by atoms with Crippen LogP contribution in [0.1, 0.15) is 512 Å². The van der Waals surface area contributed by atoms with E-state index in [0.29, 0.717) is 69.5 Å². The summed E-state index contributed by atoms with van der Waals surface area (Å²) in [5, 5.41) is 1.21. The molecule has 2 unspecified atom stereocenters. The normalized spacial score (nSPS) is 15.4. The Morgan fingerprint density at radius 3 is 0.658 bits per heavy atom. The van der Waals surface area contributed by atoms with Gasteiger partial charge in [-0.2, -0.15) is 0 Å². The van der Waals surface area contributed by atoms with Gasteiger partial charge in [0.1, 0.15) is 11.5 Å². The summed E-state index contributed by atoms with van der Waals surface area (Å²) in [6, 6.07) is 19.5. The number of unbranched alkanes of at least 4 members (excludes halogenated alkanes) is 62. The van der Waals surface area contributed by atoms with Crippen LogP contribution in [0, 0.1) is 11.8 Å². The molecule has 0 bridgehead atoms. The van der Waals surface area contributed by atoms with Gasteiger partial charge in [-0.15, -0.1) is 0 Å². The fraction of sp³-hybridized carbons (Fsp3) is 0.727. The van der Waals surface area contributed by atoms with Crippen molar-refractivity contribution in [2.45, 2.75) is 490 Å². The van der Waals surface area contributed by atoms with Crippen LogP contribution in [-0.2, 0) is 19.2 Å². The second kappa shape index (κ2) is 62.6. The highest BCUT2D eigenvalue weighted by Gasteiger charge is 2.44. The number of fused-ring (bicyclic) bond motifs is 7. The number of nitrogens with zero attached hydrogens (tertiary/aromatic N) is 2. The summed E-state index contributed by atoms with van der Waals surface area (Å²) < 4.78 is 14.4. The van der Waals surface area contributed by atoms with Crippen molar-refractivity contribution >= 4 is 100 Å². The molecule has 4 aliphatic heterocycles. The van der Waals surface area contributed by atoms with E-state index < -0.39 is 11.9 Å². The molecule has 4 aromatic carbocycles. The van der Waals surface area contributed by atoms with Gasteiger partial charge in [0.05, 0.1) is 33.7 Å². The first kappa shape index (κ1) is 101. The molecular weight excluding hydrogens is 1610 g/mol. The second-order valence-corrected chi connectivity index (χ2v) is 39.7. The van der Waals surface area contributed by atoms with Crippen LogP contribution in [0.15, 0.2) is 69.6 Å². The van der Waals surface area contributed by atoms with Crippen molar-refractivity contribution in [2.75, 3.05) is 22.9 Å². The third-order valence-corrected chi connectivity index (χ3v) is 28.8. The number of esters is 2. The van der Waals surface area contributed by atoms with E-state index in [1.165, 1.54) is 449 Å². The minimum Gasteiger partial charge on any atom is -0.422 e. The van der Waals surface area contributed by atoms with Crippen LogP contribution >= 0.6 is 31.9 Å². The fourth-order valence-electron chi connectivity index (χ4n) is 20.2. The lowest BCUT2D eigenvalue weighted by Crippen LogP contribution is -2.29. The zero-order valence-electron chi connectivity index (χ0n) is 77.4. The van der Waals surface area contributed by atoms with Gasteiger partial charge in [0.15, 0.2) is 0 Å². The smallest absolute Gasteiger partial charge is 0.345 e. The van der Waals surface area contributed by atoms with Crippen LogP contribution in [0.2, 0.25) is 0 Å². The van der Waals surface area contributed by atoms with Crippen LogP contribution in [0.5, 0.6) is 11.5 Å². The van der Waals surface area contributed by atoms with Gasteiger partial charge in [0, 0.05) is 55.1 Å². The van der Waals surface area contributed by atoms with Crippen LogP contribution in [0.3, 0.4) is 0 Å². The predicted molar refractivity (Wildman–Crippen MR) is 524 cm³/mol. The molecule has 2 amide bonds. The molecule has 4 heterocycles. The molecule has 672 valence electrons. The third-order valence-electron chi connectivity index (χ3n) is 27.8. The maximum absolute atomic E-state index is 15.4. The van der Waals surface area contributed by atoms with Crippen LogP contribution < -0.4 is 19.3 Å². The zero-order valence-corrected chi connectivity index (χ0v) is 80.5. The molecule has 2 atom stereocenters. The summed E-state index contributed by atoms with van der Waals surface area (Å²) in [7, 11) is 0. The van der Waals surface area contributed by atoms with Crippen molar-refractivity contribution in [3.63, 3.8) is 0 Å². The van der Waals surface area contributed by atoms with Gasteiger partial charge in [-0.25, -0.2) is 9.59 Å². The Balaban J connectivity index is 0.887. The van der Waals surface area contributed by atoms with E-state index in [4.69, 9.17) is 9.47 Å². The van der Waals surface area contributed by atoms with E-state index in [9.17, 15) is 9.59 Å². The predicted octanol–water partition coefficient (Wildman–Crippen LogP) is 36.1. The number of carbonyl (C=O) groups excluding carboxylic acids is 4. The molecule has 0 spiro atoms. The van der Waals surface area contributed by atoms with E-state index >= 15 is 9.59 Å². The molecule has 0 N–H and O–H groups in total. The van der Waals surface area contributed by atoms with Crippen LogP contribution in [0.25, 0.3) is 33.1 Å². The standard InChI is InChI=1S/C110H172Br2N2O6/c1-5-9-13-17-21-25-29-33-37-41-45-49-53-57-61-65-69-73-89(71-67-63-59-55-51-47-43-39-35-31-27-23-19-15-11-7-3)83-85-113-99-87-91(111)75-77-95(99)101(107(113)115)103-97-81-79-94-93(105(97)119-109(103)117)80-82-98-104(110(118)120-106(94)98)102-96-78-76-92(112)88-100(96)114(108(102)116)86-84-90(72-68-64-60-56-52-48-44-40-36-32-28-24-20-16-12-8-4)74-70-66-62-58-54-50-46-42-38-34-30-26-22-18-14-10-6-2/h75-82,87-90H,5-74,83-86H2,1-4H3/b103-101-,104-102+. The summed E-state index contributed by atoms with van der Waals surface area (Å²) in [5.41, 5.74) is 5.51. The zero-order chi connectivity index (χ0) is 84.7. The first-order chi connectivity index (χ1) is 59.1. The largest absolute Gasteiger partial charge is 0.422 e. The van der Waals surface area contributed by atoms with Gasteiger partial charge in [-0.05, 0) is 73.2 Å². The molecule has 0 fully saturated rings. The average molecular weight is 1780 g/mol. The maximum atomic E-state index is 15.4. The van der Waals surface area contributed by atoms with Gasteiger partial charge in [-0.1, -0.05) is 521 Å². The SMILES string of the molecule is CCCCCCCCCCCCCCCCCCCC(CCCCCCCCCCCCCCCCCC)CCN1C(=O)/C(=C2\C(=O)Oc3c2ccc2c4c(ccc32)/C(=C2\C(=O)N(CCC(CCCCCCCCCCCCCCCCCC)CCCCCCCCCCCCCCCCCCC)c3cc(Br)ccc32)C(=O)O4)c2ccc(Br)cc21. The number of anilines is 2. The molecular formula is C110H172Br2N2O6. The van der Waals surface area contributed by atoms with Crippen molar-refractivity contribution in [3.8, 4) is 11.5 Å². The lowest BCUT2D eigenvalue weighted by Gasteiger charge is -2.22. The molecule has 120 heavy (non-hydrogen) atoms. The number of rotatable bonds is 76. The molecule has 8 rings (SSSR count). The lowest BCUT2D eigenvalue weighted by molar-refractivity contribution is -0.127. The Morgan fingerprint density at radius 1 is 0.242 bits per heavy atom. The van der Waals surface area contributed by atoms with Gasteiger partial charge in [-0.3, -0.25) is 9.59 Å². The number of amides is 2. The maximum Gasteiger partial charge on any atom is 0.345 e. The second-order valence-electron chi connectivity index (χ2n) is 37.9. The molecule has 8 nitrogen and oxygen atoms in total. The van der Waals surface area contributed by atoms with Gasteiger partial charge < -0.3 is 19.3 Å². The Hall–Kier alpha value is -4.54. The van der Waals surface area contributed by atoms with Crippen LogP contribution in [0.4, 0.5) is 11.4 Å². The number of ether oxygens (including phenoxy) is 2. The van der Waals surface area contributed by atoms with E-state index in [2.05, 4.69) is 59.6 Å². The van der Waals surface area contributed by atoms with Crippen molar-refractivity contribution in [3.05, 3.63) is 91.9 Å². The summed E-state index contributed by atoms with van der Waals surface area (Å²) in [5.74, 6) is 0.258. The number of carbonyl (C=O) groups is 4. The highest BCUT2D eigenvalue weighted by molar-refractivity contribution is 9.10. The number of halogens is 2. The van der Waals surface area contributed by atoms with E-state index in [1.807, 2.05) is 70.5 Å². The van der Waals surface area contributed by atoms with Crippen molar-refractivity contribution in [2.24, 2.45) is 11.8 Å². The first-order valence-corrected chi connectivity index (χ1v) is 53.4. The molecule has 0 saturated heterocycles. The first-order valence-electron chi connectivity index (χ1n) is 51.9. The highest BCUT2D eigenvalue weighted by Crippen LogP contribution is 2.53. The number of benzene rings is 4. The highest BCUT2D eigenvalue weighted by atomic mass is 79.9. The fourth-order valence-corrected chi connectivity index (χ4v) is 20.9. The van der Waals surface area contributed by atoms with Gasteiger partial charge in [0.25, 0.3) is 11.8 Å². The van der Waals surface area contributed by atoms with Gasteiger partial charge >= 0.3 is 11.9 Å². The molecule has 10 heteroatoms. The Labute approximate surface area is 751 Å². The van der Waals surface area contributed by atoms with E-state index in [0.717, 1.165) is 44.3 Å². The molecule has 0 aliphatic carbocycles. The third kappa shape index (κ3) is 36.1. The molecule has 0 saturated carbocycles. The Kier molecular flexibility index (Phi) is 52.6. The molecule has 0 aromatic heterocycles. The Morgan fingerprint density at radius 2 is 0.442 bits per heavy atom. The van der Waals surface area contributed by atoms with E-state index in [-0.39, 0.29) is 23.0 Å². The van der Waals surface area contributed by atoms with Gasteiger partial charge in [0.2, 0.25) is 0 Å². The van der Waals surface area contributed by atoms with E-state index in [1.54, 1.807) is 0 Å². The number of hydrogen-bond donors (Lipinski definition) is 0. The minimum atomic E-state index is -0.566. The molecule has 4 aromatic rings. The minimum absolute atomic E-state index is 0.166. The summed E-state index contributed by atoms with van der Waals surface area (Å²) in [4.78, 5) is 64.0. The molecule has 0 radical (unpaired) electrons. The van der Waals surface area contributed by atoms with Crippen molar-refractivity contribution in [1.29, 1.82) is 0 Å². The summed E-state index contributed by atoms with van der Waals surface area (Å²) in [6.07, 6.45) is 96.8. The summed E-state index contributed by atoms with van der Waals surface area (Å²) in [6.45, 7) is 10.4. The monoisotopic (exact) mass is 1780 g/mol. The number of hydrogen-bond acceptors (Lipinski definition) is 6. The lowest BCUT2D eigenvalue weighted by atomic mass is 9.91. The average Bonchev–Trinajstić information content (AvgIpc) is 1.56.